The SMILES string of the molecule is CCc1cc(CC2=CC(N)CCC2)n(CC)n1. The van der Waals surface area contributed by atoms with Gasteiger partial charge in [-0.15, -0.1) is 0 Å². The molecule has 0 saturated heterocycles. The zero-order chi connectivity index (χ0) is 12.3. The Bertz CT molecular complexity index is 404. The number of hydrogen-bond acceptors (Lipinski definition) is 2. The van der Waals surface area contributed by atoms with Crippen LogP contribution in [0.1, 0.15) is 44.5 Å². The van der Waals surface area contributed by atoms with E-state index in [4.69, 9.17) is 5.73 Å². The summed E-state index contributed by atoms with van der Waals surface area (Å²) in [6.45, 7) is 5.26. The molecule has 3 nitrogen and oxygen atoms in total. The molecule has 2 rings (SSSR count). The molecular weight excluding hydrogens is 210 g/mol. The van der Waals surface area contributed by atoms with Gasteiger partial charge in [0, 0.05) is 24.7 Å². The van der Waals surface area contributed by atoms with E-state index in [0.29, 0.717) is 0 Å². The molecule has 1 heterocycles. The Labute approximate surface area is 104 Å². The van der Waals surface area contributed by atoms with Crippen molar-refractivity contribution in [1.29, 1.82) is 0 Å². The summed E-state index contributed by atoms with van der Waals surface area (Å²) in [6, 6.07) is 2.51. The third-order valence-corrected chi connectivity index (χ3v) is 3.47. The van der Waals surface area contributed by atoms with E-state index in [1.165, 1.54) is 29.8 Å². The molecule has 1 aliphatic rings. The smallest absolute Gasteiger partial charge is 0.0624 e. The van der Waals surface area contributed by atoms with Crippen LogP contribution < -0.4 is 5.73 Å². The Morgan fingerprint density at radius 3 is 2.94 bits per heavy atom. The molecule has 0 spiro atoms. The van der Waals surface area contributed by atoms with E-state index in [9.17, 15) is 0 Å². The van der Waals surface area contributed by atoms with Gasteiger partial charge in [-0.05, 0) is 38.7 Å². The van der Waals surface area contributed by atoms with Gasteiger partial charge in [0.1, 0.15) is 0 Å². The first-order valence-corrected chi connectivity index (χ1v) is 6.73. The van der Waals surface area contributed by atoms with Crippen molar-refractivity contribution in [3.8, 4) is 0 Å². The first-order chi connectivity index (χ1) is 8.22. The molecule has 1 aliphatic carbocycles. The lowest BCUT2D eigenvalue weighted by Crippen LogP contribution is -2.21. The quantitative estimate of drug-likeness (QED) is 0.812. The van der Waals surface area contributed by atoms with Crippen molar-refractivity contribution in [2.75, 3.05) is 0 Å². The molecule has 0 amide bonds. The van der Waals surface area contributed by atoms with Crippen molar-refractivity contribution in [1.82, 2.24) is 9.78 Å². The Balaban J connectivity index is 2.14. The first kappa shape index (κ1) is 12.4. The van der Waals surface area contributed by atoms with Crippen LogP contribution in [0.4, 0.5) is 0 Å². The Morgan fingerprint density at radius 1 is 1.47 bits per heavy atom. The zero-order valence-electron chi connectivity index (χ0n) is 10.9. The lowest BCUT2D eigenvalue weighted by atomic mass is 9.93. The Morgan fingerprint density at radius 2 is 2.29 bits per heavy atom. The third kappa shape index (κ3) is 2.97. The topological polar surface area (TPSA) is 43.8 Å². The number of nitrogens with zero attached hydrogens (tertiary/aromatic N) is 2. The van der Waals surface area contributed by atoms with Gasteiger partial charge in [0.25, 0.3) is 0 Å². The van der Waals surface area contributed by atoms with Gasteiger partial charge in [-0.2, -0.15) is 5.10 Å². The zero-order valence-corrected chi connectivity index (χ0v) is 10.9. The van der Waals surface area contributed by atoms with E-state index in [2.05, 4.69) is 35.8 Å². The highest BCUT2D eigenvalue weighted by Gasteiger charge is 2.13. The Kier molecular flexibility index (Phi) is 4.00. The molecular formula is C14H23N3. The molecule has 94 valence electrons. The molecule has 0 aliphatic heterocycles. The van der Waals surface area contributed by atoms with Crippen LogP contribution in [0.2, 0.25) is 0 Å². The first-order valence-electron chi connectivity index (χ1n) is 6.73. The average Bonchev–Trinajstić information content (AvgIpc) is 2.71. The van der Waals surface area contributed by atoms with Gasteiger partial charge >= 0.3 is 0 Å². The monoisotopic (exact) mass is 233 g/mol. The van der Waals surface area contributed by atoms with Crippen LogP contribution in [0, 0.1) is 0 Å². The fraction of sp³-hybridized carbons (Fsp3) is 0.643. The number of aryl methyl sites for hydroxylation is 2. The molecule has 17 heavy (non-hydrogen) atoms. The van der Waals surface area contributed by atoms with Crippen LogP contribution in [-0.2, 0) is 19.4 Å². The highest BCUT2D eigenvalue weighted by Crippen LogP contribution is 2.21. The fourth-order valence-corrected chi connectivity index (χ4v) is 2.52. The van der Waals surface area contributed by atoms with Crippen molar-refractivity contribution in [2.45, 2.75) is 58.5 Å². The maximum atomic E-state index is 5.98. The predicted octanol–water partition coefficient (Wildman–Crippen LogP) is 2.45. The second kappa shape index (κ2) is 5.50. The minimum absolute atomic E-state index is 0.266. The van der Waals surface area contributed by atoms with Crippen molar-refractivity contribution < 1.29 is 0 Å². The van der Waals surface area contributed by atoms with Crippen molar-refractivity contribution >= 4 is 0 Å². The largest absolute Gasteiger partial charge is 0.324 e. The van der Waals surface area contributed by atoms with E-state index in [1.807, 2.05) is 0 Å². The molecule has 0 aromatic carbocycles. The van der Waals surface area contributed by atoms with Gasteiger partial charge in [-0.25, -0.2) is 0 Å². The second-order valence-corrected chi connectivity index (χ2v) is 4.85. The van der Waals surface area contributed by atoms with Gasteiger partial charge in [0.05, 0.1) is 5.69 Å². The van der Waals surface area contributed by atoms with Gasteiger partial charge in [0.2, 0.25) is 0 Å². The van der Waals surface area contributed by atoms with Crippen LogP contribution in [0.25, 0.3) is 0 Å². The average molecular weight is 233 g/mol. The highest BCUT2D eigenvalue weighted by atomic mass is 15.3. The summed E-state index contributed by atoms with van der Waals surface area (Å²) in [5.41, 5.74) is 10.0. The molecule has 3 heteroatoms. The van der Waals surface area contributed by atoms with Crippen LogP contribution in [-0.4, -0.2) is 15.8 Å². The maximum Gasteiger partial charge on any atom is 0.0624 e. The maximum absolute atomic E-state index is 5.98. The van der Waals surface area contributed by atoms with Gasteiger partial charge < -0.3 is 5.73 Å². The molecule has 0 bridgehead atoms. The summed E-state index contributed by atoms with van der Waals surface area (Å²) in [7, 11) is 0. The van der Waals surface area contributed by atoms with Crippen LogP contribution in [0.15, 0.2) is 17.7 Å². The lowest BCUT2D eigenvalue weighted by molar-refractivity contribution is 0.592. The number of allylic oxidation sites excluding steroid dienone is 1. The number of nitrogens with two attached hydrogens (primary N) is 1. The Hall–Kier alpha value is -1.09. The van der Waals surface area contributed by atoms with Gasteiger partial charge in [-0.1, -0.05) is 18.6 Å². The molecule has 0 radical (unpaired) electrons. The summed E-state index contributed by atoms with van der Waals surface area (Å²) in [4.78, 5) is 0. The van der Waals surface area contributed by atoms with Crippen LogP contribution in [0.3, 0.4) is 0 Å². The fourth-order valence-electron chi connectivity index (χ4n) is 2.52. The number of aromatic nitrogens is 2. The van der Waals surface area contributed by atoms with Gasteiger partial charge in [0.15, 0.2) is 0 Å². The standard InChI is InChI=1S/C14H23N3/c1-3-13-10-14(17(4-2)16-13)9-11-6-5-7-12(15)8-11/h8,10,12H,3-7,9,15H2,1-2H3. The van der Waals surface area contributed by atoms with Crippen LogP contribution >= 0.6 is 0 Å². The van der Waals surface area contributed by atoms with Crippen molar-refractivity contribution in [3.05, 3.63) is 29.1 Å². The minimum Gasteiger partial charge on any atom is -0.324 e. The molecule has 0 saturated carbocycles. The predicted molar refractivity (Wildman–Crippen MR) is 70.9 cm³/mol. The van der Waals surface area contributed by atoms with Gasteiger partial charge in [-0.3, -0.25) is 4.68 Å². The summed E-state index contributed by atoms with van der Waals surface area (Å²) in [5, 5.41) is 4.59. The number of hydrogen-bond donors (Lipinski definition) is 1. The number of rotatable bonds is 4. The molecule has 1 aromatic rings. The second-order valence-electron chi connectivity index (χ2n) is 4.85. The normalized spacial score (nSPS) is 20.4. The summed E-state index contributed by atoms with van der Waals surface area (Å²) in [5.74, 6) is 0. The molecule has 1 atom stereocenters. The molecule has 2 N–H and O–H groups in total. The highest BCUT2D eigenvalue weighted by molar-refractivity contribution is 5.21. The van der Waals surface area contributed by atoms with E-state index >= 15 is 0 Å². The minimum atomic E-state index is 0.266. The van der Waals surface area contributed by atoms with Crippen molar-refractivity contribution in [2.24, 2.45) is 5.73 Å². The van der Waals surface area contributed by atoms with Crippen LogP contribution in [0.5, 0.6) is 0 Å². The van der Waals surface area contributed by atoms with Crippen molar-refractivity contribution in [3.63, 3.8) is 0 Å². The lowest BCUT2D eigenvalue weighted by Gasteiger charge is -2.17. The van der Waals surface area contributed by atoms with E-state index in [1.54, 1.807) is 0 Å². The molecule has 0 fully saturated rings. The van der Waals surface area contributed by atoms with E-state index in [0.717, 1.165) is 25.8 Å². The van der Waals surface area contributed by atoms with E-state index < -0.39 is 0 Å². The summed E-state index contributed by atoms with van der Waals surface area (Å²) >= 11 is 0. The molecule has 1 aromatic heterocycles. The molecule has 1 unspecified atom stereocenters. The van der Waals surface area contributed by atoms with E-state index in [-0.39, 0.29) is 6.04 Å². The summed E-state index contributed by atoms with van der Waals surface area (Å²) in [6.07, 6.45) is 7.85. The summed E-state index contributed by atoms with van der Waals surface area (Å²) < 4.78 is 2.12. The third-order valence-electron chi connectivity index (χ3n) is 3.47.